The van der Waals surface area contributed by atoms with Crippen molar-refractivity contribution in [3.8, 4) is 5.75 Å². The van der Waals surface area contributed by atoms with E-state index >= 15 is 0 Å². The standard InChI is InChI=1S/C17H21ClN2O/c1-13(10-14-6-4-5-7-17(14)21-3)20(2)16-8-9-19-15(11-16)12-18/h4-9,11,13H,10,12H2,1-3H3. The first-order chi connectivity index (χ1) is 10.2. The lowest BCUT2D eigenvalue weighted by atomic mass is 10.0. The van der Waals surface area contributed by atoms with Gasteiger partial charge in [-0.15, -0.1) is 11.6 Å². The SMILES string of the molecule is COc1ccccc1CC(C)N(C)c1ccnc(CCl)c1. The predicted molar refractivity (Wildman–Crippen MR) is 88.4 cm³/mol. The van der Waals surface area contributed by atoms with E-state index in [9.17, 15) is 0 Å². The molecule has 1 aromatic heterocycles. The van der Waals surface area contributed by atoms with E-state index in [2.05, 4.69) is 29.9 Å². The summed E-state index contributed by atoms with van der Waals surface area (Å²) in [5.74, 6) is 1.37. The van der Waals surface area contributed by atoms with Gasteiger partial charge >= 0.3 is 0 Å². The van der Waals surface area contributed by atoms with Crippen LogP contribution in [0.3, 0.4) is 0 Å². The van der Waals surface area contributed by atoms with Crippen LogP contribution in [0, 0.1) is 0 Å². The zero-order valence-electron chi connectivity index (χ0n) is 12.7. The Labute approximate surface area is 131 Å². The number of hydrogen-bond acceptors (Lipinski definition) is 3. The minimum Gasteiger partial charge on any atom is -0.496 e. The average molecular weight is 305 g/mol. The van der Waals surface area contributed by atoms with Crippen LogP contribution in [0.5, 0.6) is 5.75 Å². The molecule has 0 saturated heterocycles. The largest absolute Gasteiger partial charge is 0.496 e. The van der Waals surface area contributed by atoms with Gasteiger partial charge in [0.05, 0.1) is 18.7 Å². The van der Waals surface area contributed by atoms with Crippen molar-refractivity contribution in [3.05, 3.63) is 53.9 Å². The van der Waals surface area contributed by atoms with Crippen molar-refractivity contribution in [2.75, 3.05) is 19.1 Å². The van der Waals surface area contributed by atoms with E-state index in [1.54, 1.807) is 13.3 Å². The molecule has 0 fully saturated rings. The van der Waals surface area contributed by atoms with Gasteiger partial charge in [0.1, 0.15) is 5.75 Å². The second-order valence-corrected chi connectivity index (χ2v) is 5.38. The van der Waals surface area contributed by atoms with E-state index < -0.39 is 0 Å². The molecule has 0 amide bonds. The Hall–Kier alpha value is -1.74. The van der Waals surface area contributed by atoms with Crippen molar-refractivity contribution in [2.24, 2.45) is 0 Å². The molecule has 0 radical (unpaired) electrons. The summed E-state index contributed by atoms with van der Waals surface area (Å²) in [6.07, 6.45) is 2.72. The van der Waals surface area contributed by atoms with Crippen molar-refractivity contribution < 1.29 is 4.74 Å². The van der Waals surface area contributed by atoms with Crippen LogP contribution >= 0.6 is 11.6 Å². The maximum absolute atomic E-state index is 5.85. The van der Waals surface area contributed by atoms with Gasteiger partial charge in [0.25, 0.3) is 0 Å². The zero-order chi connectivity index (χ0) is 15.2. The second kappa shape index (κ2) is 7.32. The van der Waals surface area contributed by atoms with Gasteiger partial charge in [-0.05, 0) is 37.1 Å². The first kappa shape index (κ1) is 15.6. The Kier molecular flexibility index (Phi) is 5.45. The molecule has 3 nitrogen and oxygen atoms in total. The van der Waals surface area contributed by atoms with E-state index in [1.165, 1.54) is 5.56 Å². The first-order valence-electron chi connectivity index (χ1n) is 7.01. The number of benzene rings is 1. The van der Waals surface area contributed by atoms with Gasteiger partial charge in [-0.2, -0.15) is 0 Å². The number of methoxy groups -OCH3 is 1. The fourth-order valence-electron chi connectivity index (χ4n) is 2.34. The molecule has 1 heterocycles. The summed E-state index contributed by atoms with van der Waals surface area (Å²) < 4.78 is 5.42. The molecular weight excluding hydrogens is 284 g/mol. The molecule has 1 aromatic carbocycles. The number of pyridine rings is 1. The molecule has 0 N–H and O–H groups in total. The number of anilines is 1. The molecule has 0 spiro atoms. The molecule has 112 valence electrons. The van der Waals surface area contributed by atoms with Crippen LogP contribution in [0.4, 0.5) is 5.69 Å². The summed E-state index contributed by atoms with van der Waals surface area (Å²) in [6.45, 7) is 2.20. The molecule has 0 aliphatic rings. The Morgan fingerprint density at radius 3 is 2.76 bits per heavy atom. The number of hydrogen-bond donors (Lipinski definition) is 0. The van der Waals surface area contributed by atoms with Crippen LogP contribution in [0.1, 0.15) is 18.2 Å². The van der Waals surface area contributed by atoms with Crippen LogP contribution in [-0.4, -0.2) is 25.2 Å². The minimum atomic E-state index is 0.340. The molecule has 0 bridgehead atoms. The monoisotopic (exact) mass is 304 g/mol. The maximum Gasteiger partial charge on any atom is 0.122 e. The lowest BCUT2D eigenvalue weighted by Gasteiger charge is -2.27. The third-order valence-corrected chi connectivity index (χ3v) is 3.99. The average Bonchev–Trinajstić information content (AvgIpc) is 2.54. The van der Waals surface area contributed by atoms with E-state index in [0.29, 0.717) is 11.9 Å². The van der Waals surface area contributed by atoms with Gasteiger partial charge in [-0.25, -0.2) is 0 Å². The van der Waals surface area contributed by atoms with Crippen LogP contribution in [0.25, 0.3) is 0 Å². The van der Waals surface area contributed by atoms with Crippen LogP contribution in [0.15, 0.2) is 42.6 Å². The highest BCUT2D eigenvalue weighted by Crippen LogP contribution is 2.23. The van der Waals surface area contributed by atoms with Gasteiger partial charge in [-0.3, -0.25) is 4.98 Å². The number of alkyl halides is 1. The number of nitrogens with zero attached hydrogens (tertiary/aromatic N) is 2. The van der Waals surface area contributed by atoms with Gasteiger partial charge in [-0.1, -0.05) is 18.2 Å². The third-order valence-electron chi connectivity index (χ3n) is 3.71. The number of ether oxygens (including phenoxy) is 1. The molecule has 0 aliphatic carbocycles. The lowest BCUT2D eigenvalue weighted by Crippen LogP contribution is -2.30. The zero-order valence-corrected chi connectivity index (χ0v) is 13.5. The molecule has 0 aliphatic heterocycles. The summed E-state index contributed by atoms with van der Waals surface area (Å²) in [5.41, 5.74) is 3.24. The lowest BCUT2D eigenvalue weighted by molar-refractivity contribution is 0.408. The number of likely N-dealkylation sites (N-methyl/N-ethyl adjacent to an activating group) is 1. The van der Waals surface area contributed by atoms with E-state index in [4.69, 9.17) is 16.3 Å². The molecule has 2 rings (SSSR count). The quantitative estimate of drug-likeness (QED) is 0.757. The van der Waals surface area contributed by atoms with Crippen molar-refractivity contribution in [1.82, 2.24) is 4.98 Å². The topological polar surface area (TPSA) is 25.4 Å². The predicted octanol–water partition coefficient (Wildman–Crippen LogP) is 3.90. The molecule has 2 aromatic rings. The molecule has 1 atom stereocenters. The van der Waals surface area contributed by atoms with Crippen molar-refractivity contribution in [3.63, 3.8) is 0 Å². The van der Waals surface area contributed by atoms with Gasteiger partial charge in [0.2, 0.25) is 0 Å². The minimum absolute atomic E-state index is 0.340. The summed E-state index contributed by atoms with van der Waals surface area (Å²) >= 11 is 5.85. The van der Waals surface area contributed by atoms with Crippen molar-refractivity contribution in [1.29, 1.82) is 0 Å². The summed E-state index contributed by atoms with van der Waals surface area (Å²) in [7, 11) is 3.80. The van der Waals surface area contributed by atoms with Crippen LogP contribution in [-0.2, 0) is 12.3 Å². The van der Waals surface area contributed by atoms with E-state index in [1.807, 2.05) is 30.3 Å². The number of rotatable bonds is 6. The highest BCUT2D eigenvalue weighted by molar-refractivity contribution is 6.16. The summed E-state index contributed by atoms with van der Waals surface area (Å²) in [5, 5.41) is 0. The molecule has 1 unspecified atom stereocenters. The van der Waals surface area contributed by atoms with Gasteiger partial charge in [0.15, 0.2) is 0 Å². The molecular formula is C17H21ClN2O. The summed E-state index contributed by atoms with van der Waals surface area (Å²) in [6, 6.07) is 12.5. The highest BCUT2D eigenvalue weighted by atomic mass is 35.5. The summed E-state index contributed by atoms with van der Waals surface area (Å²) in [4.78, 5) is 6.47. The van der Waals surface area contributed by atoms with Crippen LogP contribution < -0.4 is 9.64 Å². The van der Waals surface area contributed by atoms with Crippen LogP contribution in [0.2, 0.25) is 0 Å². The fourth-order valence-corrected chi connectivity index (χ4v) is 2.49. The van der Waals surface area contributed by atoms with Gasteiger partial charge in [0, 0.05) is 25.0 Å². The normalized spacial score (nSPS) is 12.0. The Morgan fingerprint density at radius 1 is 1.29 bits per heavy atom. The maximum atomic E-state index is 5.85. The Balaban J connectivity index is 2.13. The second-order valence-electron chi connectivity index (χ2n) is 5.11. The fraction of sp³-hybridized carbons (Fsp3) is 0.353. The van der Waals surface area contributed by atoms with E-state index in [-0.39, 0.29) is 0 Å². The first-order valence-corrected chi connectivity index (χ1v) is 7.54. The Bertz CT molecular complexity index is 589. The highest BCUT2D eigenvalue weighted by Gasteiger charge is 2.13. The molecule has 0 saturated carbocycles. The van der Waals surface area contributed by atoms with Crippen molar-refractivity contribution in [2.45, 2.75) is 25.3 Å². The molecule has 4 heteroatoms. The third kappa shape index (κ3) is 3.88. The Morgan fingerprint density at radius 2 is 2.05 bits per heavy atom. The van der Waals surface area contributed by atoms with Gasteiger partial charge < -0.3 is 9.64 Å². The van der Waals surface area contributed by atoms with E-state index in [0.717, 1.165) is 23.6 Å². The number of halogens is 1. The number of para-hydroxylation sites is 1. The van der Waals surface area contributed by atoms with Crippen molar-refractivity contribution >= 4 is 17.3 Å². The smallest absolute Gasteiger partial charge is 0.122 e. The number of aromatic nitrogens is 1. The molecule has 21 heavy (non-hydrogen) atoms.